The highest BCUT2D eigenvalue weighted by molar-refractivity contribution is 8.00. The quantitative estimate of drug-likeness (QED) is 0.364. The molecule has 0 fully saturated rings. The molecule has 3 aromatic rings. The number of carbonyl (C=O) groups is 1. The summed E-state index contributed by atoms with van der Waals surface area (Å²) >= 11 is 9.07. The zero-order chi connectivity index (χ0) is 21.0. The lowest BCUT2D eigenvalue weighted by atomic mass is 10.1. The molecule has 1 heterocycles. The van der Waals surface area contributed by atoms with Gasteiger partial charge in [0.2, 0.25) is 5.91 Å². The lowest BCUT2D eigenvalue weighted by Crippen LogP contribution is -2.34. The molecule has 8 heteroatoms. The predicted octanol–water partition coefficient (Wildman–Crippen LogP) is 6.07. The summed E-state index contributed by atoms with van der Waals surface area (Å²) in [4.78, 5) is 22.9. The highest BCUT2D eigenvalue weighted by atomic mass is 35.5. The van der Waals surface area contributed by atoms with E-state index in [1.807, 2.05) is 43.3 Å². The molecule has 0 unspecified atom stereocenters. The third-order valence-corrected chi connectivity index (χ3v) is 6.98. The number of thioether (sulfide) groups is 1. The van der Waals surface area contributed by atoms with Crippen molar-refractivity contribution in [1.29, 1.82) is 0 Å². The van der Waals surface area contributed by atoms with Gasteiger partial charge in [-0.05, 0) is 88.4 Å². The molecule has 0 aliphatic rings. The maximum Gasteiger partial charge on any atom is 0.239 e. The van der Waals surface area contributed by atoms with Gasteiger partial charge in [0.05, 0.1) is 16.0 Å². The van der Waals surface area contributed by atoms with Crippen molar-refractivity contribution < 1.29 is 4.79 Å². The maximum atomic E-state index is 13.1. The number of amides is 1. The van der Waals surface area contributed by atoms with Crippen molar-refractivity contribution in [1.82, 2.24) is 9.88 Å². The summed E-state index contributed by atoms with van der Waals surface area (Å²) in [7, 11) is 4.09. The third kappa shape index (κ3) is 6.59. The zero-order valence-corrected chi connectivity index (χ0v) is 20.9. The molecule has 0 aliphatic heterocycles. The fourth-order valence-electron chi connectivity index (χ4n) is 2.91. The predicted molar refractivity (Wildman–Crippen MR) is 134 cm³/mol. The van der Waals surface area contributed by atoms with Gasteiger partial charge in [-0.2, -0.15) is 0 Å². The van der Waals surface area contributed by atoms with Crippen molar-refractivity contribution in [2.75, 3.05) is 37.8 Å². The van der Waals surface area contributed by atoms with Gasteiger partial charge in [0.1, 0.15) is 0 Å². The minimum absolute atomic E-state index is 0. The average molecular weight is 485 g/mol. The summed E-state index contributed by atoms with van der Waals surface area (Å²) in [5.41, 5.74) is 3.43. The number of hydrogen-bond donors (Lipinski definition) is 0. The van der Waals surface area contributed by atoms with Crippen LogP contribution in [0, 0.1) is 13.8 Å². The number of anilines is 1. The van der Waals surface area contributed by atoms with Crippen LogP contribution in [-0.4, -0.2) is 48.7 Å². The van der Waals surface area contributed by atoms with Gasteiger partial charge < -0.3 is 4.90 Å². The van der Waals surface area contributed by atoms with E-state index in [-0.39, 0.29) is 18.3 Å². The standard InChI is InChI=1S/C22H26ClN3OS2.ClH/c1-15-12-19-20(13-16(15)2)29-22(24-19)26(11-5-10-25(3)4)21(27)14-28-18-8-6-17(23)7-9-18;/h6-9,12-13H,5,10-11,14H2,1-4H3;1H. The maximum absolute atomic E-state index is 13.1. The molecule has 0 radical (unpaired) electrons. The van der Waals surface area contributed by atoms with Gasteiger partial charge in [-0.25, -0.2) is 4.98 Å². The van der Waals surface area contributed by atoms with Gasteiger partial charge in [-0.15, -0.1) is 24.2 Å². The van der Waals surface area contributed by atoms with Crippen LogP contribution in [0.1, 0.15) is 17.5 Å². The van der Waals surface area contributed by atoms with E-state index in [0.29, 0.717) is 17.3 Å². The number of thiazole rings is 1. The Bertz CT molecular complexity index is 951. The summed E-state index contributed by atoms with van der Waals surface area (Å²) < 4.78 is 1.12. The third-order valence-electron chi connectivity index (χ3n) is 4.69. The fourth-order valence-corrected chi connectivity index (χ4v) is 4.90. The zero-order valence-electron chi connectivity index (χ0n) is 17.6. The van der Waals surface area contributed by atoms with Crippen molar-refractivity contribution in [3.63, 3.8) is 0 Å². The second-order valence-electron chi connectivity index (χ2n) is 7.35. The molecular formula is C22H27Cl2N3OS2. The number of hydrogen-bond acceptors (Lipinski definition) is 5. The Hall–Kier alpha value is -1.31. The molecule has 1 amide bonds. The molecule has 3 rings (SSSR count). The van der Waals surface area contributed by atoms with Crippen molar-refractivity contribution in [2.45, 2.75) is 25.2 Å². The van der Waals surface area contributed by atoms with Crippen LogP contribution in [0.15, 0.2) is 41.3 Å². The second kappa shape index (κ2) is 11.3. The molecule has 162 valence electrons. The van der Waals surface area contributed by atoms with Crippen LogP contribution in [0.3, 0.4) is 0 Å². The number of aryl methyl sites for hydroxylation is 2. The molecule has 30 heavy (non-hydrogen) atoms. The van der Waals surface area contributed by atoms with Gasteiger partial charge in [0.15, 0.2) is 5.13 Å². The van der Waals surface area contributed by atoms with E-state index in [0.717, 1.165) is 33.2 Å². The number of nitrogens with zero attached hydrogens (tertiary/aromatic N) is 3. The van der Waals surface area contributed by atoms with Gasteiger partial charge in [-0.1, -0.05) is 22.9 Å². The van der Waals surface area contributed by atoms with Crippen LogP contribution < -0.4 is 4.90 Å². The molecule has 0 bridgehead atoms. The van der Waals surface area contributed by atoms with Crippen molar-refractivity contribution in [3.8, 4) is 0 Å². The Labute approximate surface area is 198 Å². The number of carbonyl (C=O) groups excluding carboxylic acids is 1. The van der Waals surface area contributed by atoms with Gasteiger partial charge in [0, 0.05) is 16.5 Å². The first kappa shape index (κ1) is 25.0. The largest absolute Gasteiger partial charge is 0.309 e. The van der Waals surface area contributed by atoms with E-state index in [1.165, 1.54) is 22.9 Å². The van der Waals surface area contributed by atoms with Gasteiger partial charge in [0.25, 0.3) is 0 Å². The van der Waals surface area contributed by atoms with Crippen LogP contribution in [0.5, 0.6) is 0 Å². The van der Waals surface area contributed by atoms with E-state index in [4.69, 9.17) is 16.6 Å². The van der Waals surface area contributed by atoms with Crippen molar-refractivity contribution >= 4 is 68.4 Å². The summed E-state index contributed by atoms with van der Waals surface area (Å²) in [5, 5.41) is 1.48. The molecule has 1 aromatic heterocycles. The minimum Gasteiger partial charge on any atom is -0.309 e. The van der Waals surface area contributed by atoms with E-state index < -0.39 is 0 Å². The number of fused-ring (bicyclic) bond motifs is 1. The molecule has 0 saturated heterocycles. The second-order valence-corrected chi connectivity index (χ2v) is 9.84. The SMILES string of the molecule is Cc1cc2nc(N(CCCN(C)C)C(=O)CSc3ccc(Cl)cc3)sc2cc1C.Cl. The van der Waals surface area contributed by atoms with Crippen molar-refractivity contribution in [2.24, 2.45) is 0 Å². The number of benzene rings is 2. The monoisotopic (exact) mass is 483 g/mol. The Balaban J connectivity index is 0.00000320. The van der Waals surface area contributed by atoms with E-state index in [2.05, 4.69) is 30.9 Å². The first-order valence-corrected chi connectivity index (χ1v) is 11.7. The average Bonchev–Trinajstić information content (AvgIpc) is 3.07. The fraction of sp³-hybridized carbons (Fsp3) is 0.364. The summed E-state index contributed by atoms with van der Waals surface area (Å²) in [6.07, 6.45) is 0.901. The van der Waals surface area contributed by atoms with E-state index in [1.54, 1.807) is 11.3 Å². The van der Waals surface area contributed by atoms with Crippen LogP contribution in [0.25, 0.3) is 10.2 Å². The highest BCUT2D eigenvalue weighted by Gasteiger charge is 2.20. The van der Waals surface area contributed by atoms with Crippen LogP contribution in [0.4, 0.5) is 5.13 Å². The minimum atomic E-state index is 0. The van der Waals surface area contributed by atoms with E-state index in [9.17, 15) is 4.79 Å². The Morgan fingerprint density at radius 2 is 1.77 bits per heavy atom. The normalized spacial score (nSPS) is 11.0. The Morgan fingerprint density at radius 1 is 1.10 bits per heavy atom. The number of halogens is 2. The topological polar surface area (TPSA) is 36.4 Å². The molecule has 0 saturated carbocycles. The Kier molecular flexibility index (Phi) is 9.44. The number of rotatable bonds is 8. The van der Waals surface area contributed by atoms with E-state index >= 15 is 0 Å². The molecule has 2 aromatic carbocycles. The molecule has 4 nitrogen and oxygen atoms in total. The summed E-state index contributed by atoms with van der Waals surface area (Å²) in [6.45, 7) is 5.79. The van der Waals surface area contributed by atoms with Gasteiger partial charge in [-0.3, -0.25) is 9.69 Å². The smallest absolute Gasteiger partial charge is 0.239 e. The Morgan fingerprint density at radius 3 is 2.43 bits per heavy atom. The number of aromatic nitrogens is 1. The molecule has 0 aliphatic carbocycles. The van der Waals surface area contributed by atoms with Crippen molar-refractivity contribution in [3.05, 3.63) is 52.5 Å². The first-order valence-electron chi connectivity index (χ1n) is 9.55. The van der Waals surface area contributed by atoms with Gasteiger partial charge >= 0.3 is 0 Å². The molecule has 0 spiro atoms. The van der Waals surface area contributed by atoms with Crippen LogP contribution >= 0.6 is 47.1 Å². The summed E-state index contributed by atoms with van der Waals surface area (Å²) in [5.74, 6) is 0.452. The highest BCUT2D eigenvalue weighted by Crippen LogP contribution is 2.32. The lowest BCUT2D eigenvalue weighted by Gasteiger charge is -2.21. The summed E-state index contributed by atoms with van der Waals surface area (Å²) in [6, 6.07) is 11.9. The molecular weight excluding hydrogens is 457 g/mol. The van der Waals surface area contributed by atoms with Crippen LogP contribution in [-0.2, 0) is 4.79 Å². The molecule has 0 atom stereocenters. The first-order chi connectivity index (χ1) is 13.8. The molecule has 0 N–H and O–H groups in total. The lowest BCUT2D eigenvalue weighted by molar-refractivity contribution is -0.116. The van der Waals surface area contributed by atoms with Crippen LogP contribution in [0.2, 0.25) is 5.02 Å².